The summed E-state index contributed by atoms with van der Waals surface area (Å²) in [5, 5.41) is 3.60. The Morgan fingerprint density at radius 3 is 2.31 bits per heavy atom. The molecule has 5 nitrogen and oxygen atoms in total. The van der Waals surface area contributed by atoms with Crippen LogP contribution >= 0.6 is 23.4 Å². The maximum atomic E-state index is 12.1. The minimum atomic E-state index is -0.0363. The summed E-state index contributed by atoms with van der Waals surface area (Å²) < 4.78 is 15.9. The van der Waals surface area contributed by atoms with E-state index in [1.807, 2.05) is 36.4 Å². The van der Waals surface area contributed by atoms with Crippen molar-refractivity contribution >= 4 is 29.3 Å². The van der Waals surface area contributed by atoms with E-state index in [2.05, 4.69) is 5.32 Å². The van der Waals surface area contributed by atoms with Gasteiger partial charge in [-0.05, 0) is 35.4 Å². The number of carbonyl (C=O) groups excluding carboxylic acids is 1. The SMILES string of the molecule is COc1cc(CNC(=O)CSCc2cccc(Cl)c2)cc(OC)c1OC. The molecule has 0 saturated carbocycles. The zero-order valence-corrected chi connectivity index (χ0v) is 16.6. The van der Waals surface area contributed by atoms with E-state index in [0.29, 0.717) is 34.6 Å². The number of rotatable bonds is 9. The van der Waals surface area contributed by atoms with E-state index < -0.39 is 0 Å². The van der Waals surface area contributed by atoms with Gasteiger partial charge in [0.2, 0.25) is 11.7 Å². The fraction of sp³-hybridized carbons (Fsp3) is 0.316. The van der Waals surface area contributed by atoms with Crippen LogP contribution in [-0.2, 0) is 17.1 Å². The van der Waals surface area contributed by atoms with Crippen LogP contribution in [0.5, 0.6) is 17.2 Å². The second-order valence-electron chi connectivity index (χ2n) is 5.43. The molecule has 140 valence electrons. The minimum absolute atomic E-state index is 0.0363. The molecule has 0 aliphatic heterocycles. The molecule has 0 heterocycles. The molecule has 0 saturated heterocycles. The van der Waals surface area contributed by atoms with Gasteiger partial charge in [0, 0.05) is 17.3 Å². The van der Waals surface area contributed by atoms with Crippen molar-refractivity contribution in [1.29, 1.82) is 0 Å². The van der Waals surface area contributed by atoms with Gasteiger partial charge in [0.05, 0.1) is 27.1 Å². The standard InChI is InChI=1S/C19H22ClNO4S/c1-23-16-8-14(9-17(24-2)19(16)25-3)10-21-18(22)12-26-11-13-5-4-6-15(20)7-13/h4-9H,10-12H2,1-3H3,(H,21,22). The number of hydrogen-bond acceptors (Lipinski definition) is 5. The largest absolute Gasteiger partial charge is 0.493 e. The Hall–Kier alpha value is -2.05. The molecule has 0 spiro atoms. The quantitative estimate of drug-likeness (QED) is 0.697. The highest BCUT2D eigenvalue weighted by Crippen LogP contribution is 2.38. The summed E-state index contributed by atoms with van der Waals surface area (Å²) in [7, 11) is 4.68. The van der Waals surface area contributed by atoms with Gasteiger partial charge in [-0.3, -0.25) is 4.79 Å². The van der Waals surface area contributed by atoms with Crippen LogP contribution in [0.3, 0.4) is 0 Å². The first-order chi connectivity index (χ1) is 12.6. The lowest BCUT2D eigenvalue weighted by atomic mass is 10.2. The van der Waals surface area contributed by atoms with Crippen molar-refractivity contribution in [2.24, 2.45) is 0 Å². The van der Waals surface area contributed by atoms with Crippen LogP contribution in [0, 0.1) is 0 Å². The lowest BCUT2D eigenvalue weighted by molar-refractivity contribution is -0.118. The number of halogens is 1. The van der Waals surface area contributed by atoms with E-state index in [1.165, 1.54) is 11.8 Å². The van der Waals surface area contributed by atoms with E-state index in [-0.39, 0.29) is 5.91 Å². The average Bonchev–Trinajstić information content (AvgIpc) is 2.65. The molecule has 2 aromatic carbocycles. The molecule has 2 rings (SSSR count). The first kappa shape index (κ1) is 20.3. The van der Waals surface area contributed by atoms with Gasteiger partial charge in [0.15, 0.2) is 11.5 Å². The zero-order valence-electron chi connectivity index (χ0n) is 15.0. The molecule has 0 unspecified atom stereocenters. The summed E-state index contributed by atoms with van der Waals surface area (Å²) in [6.45, 7) is 0.382. The maximum Gasteiger partial charge on any atom is 0.230 e. The number of amides is 1. The van der Waals surface area contributed by atoms with Crippen molar-refractivity contribution in [3.63, 3.8) is 0 Å². The van der Waals surface area contributed by atoms with E-state index in [9.17, 15) is 4.79 Å². The maximum absolute atomic E-state index is 12.1. The van der Waals surface area contributed by atoms with Crippen molar-refractivity contribution in [3.05, 3.63) is 52.5 Å². The first-order valence-electron chi connectivity index (χ1n) is 7.95. The Balaban J connectivity index is 1.86. The molecule has 0 radical (unpaired) electrons. The van der Waals surface area contributed by atoms with Crippen LogP contribution in [0.4, 0.5) is 0 Å². The summed E-state index contributed by atoms with van der Waals surface area (Å²) in [4.78, 5) is 12.1. The third-order valence-electron chi connectivity index (χ3n) is 3.61. The summed E-state index contributed by atoms with van der Waals surface area (Å²) >= 11 is 7.50. The molecule has 0 bridgehead atoms. The number of carbonyl (C=O) groups is 1. The molecule has 1 N–H and O–H groups in total. The van der Waals surface area contributed by atoms with Gasteiger partial charge in [0.25, 0.3) is 0 Å². The van der Waals surface area contributed by atoms with Gasteiger partial charge >= 0.3 is 0 Å². The van der Waals surface area contributed by atoms with Crippen LogP contribution in [0.15, 0.2) is 36.4 Å². The number of hydrogen-bond donors (Lipinski definition) is 1. The van der Waals surface area contributed by atoms with Crippen molar-refractivity contribution in [1.82, 2.24) is 5.32 Å². The lowest BCUT2D eigenvalue weighted by Crippen LogP contribution is -2.24. The van der Waals surface area contributed by atoms with Crippen LogP contribution in [0.2, 0.25) is 5.02 Å². The van der Waals surface area contributed by atoms with Crippen molar-refractivity contribution < 1.29 is 19.0 Å². The van der Waals surface area contributed by atoms with Gasteiger partial charge in [-0.2, -0.15) is 0 Å². The molecule has 1 amide bonds. The number of benzene rings is 2. The molecule has 0 aromatic heterocycles. The van der Waals surface area contributed by atoms with Crippen LogP contribution < -0.4 is 19.5 Å². The molecule has 0 aliphatic carbocycles. The van der Waals surface area contributed by atoms with Crippen LogP contribution in [-0.4, -0.2) is 33.0 Å². The van der Waals surface area contributed by atoms with E-state index in [4.69, 9.17) is 25.8 Å². The topological polar surface area (TPSA) is 56.8 Å². The third-order valence-corrected chi connectivity index (χ3v) is 4.84. The van der Waals surface area contributed by atoms with Crippen molar-refractivity contribution in [2.45, 2.75) is 12.3 Å². The van der Waals surface area contributed by atoms with E-state index >= 15 is 0 Å². The van der Waals surface area contributed by atoms with E-state index in [1.54, 1.807) is 21.3 Å². The predicted octanol–water partition coefficient (Wildman–Crippen LogP) is 3.92. The lowest BCUT2D eigenvalue weighted by Gasteiger charge is -2.14. The third kappa shape index (κ3) is 5.75. The second-order valence-corrected chi connectivity index (χ2v) is 6.86. The Morgan fingerprint density at radius 2 is 1.73 bits per heavy atom. The van der Waals surface area contributed by atoms with Crippen molar-refractivity contribution in [2.75, 3.05) is 27.1 Å². The molecule has 0 aliphatic rings. The molecule has 0 fully saturated rings. The number of nitrogens with one attached hydrogen (secondary N) is 1. The van der Waals surface area contributed by atoms with Crippen LogP contribution in [0.25, 0.3) is 0 Å². The van der Waals surface area contributed by atoms with Crippen LogP contribution in [0.1, 0.15) is 11.1 Å². The van der Waals surface area contributed by atoms with Gasteiger partial charge in [-0.25, -0.2) is 0 Å². The molecule has 7 heteroatoms. The summed E-state index contributed by atoms with van der Waals surface area (Å²) in [6, 6.07) is 11.3. The summed E-state index contributed by atoms with van der Waals surface area (Å²) in [5.41, 5.74) is 1.97. The molecule has 2 aromatic rings. The number of ether oxygens (including phenoxy) is 3. The molecule has 0 atom stereocenters. The summed E-state index contributed by atoms with van der Waals surface area (Å²) in [6.07, 6.45) is 0. The molecular weight excluding hydrogens is 374 g/mol. The smallest absolute Gasteiger partial charge is 0.230 e. The zero-order chi connectivity index (χ0) is 18.9. The van der Waals surface area contributed by atoms with Gasteiger partial charge in [-0.15, -0.1) is 11.8 Å². The Labute approximate surface area is 163 Å². The highest BCUT2D eigenvalue weighted by atomic mass is 35.5. The molecular formula is C19H22ClNO4S. The fourth-order valence-electron chi connectivity index (χ4n) is 2.38. The Morgan fingerprint density at radius 1 is 1.04 bits per heavy atom. The summed E-state index contributed by atoms with van der Waals surface area (Å²) in [5.74, 6) is 2.72. The minimum Gasteiger partial charge on any atom is -0.493 e. The fourth-order valence-corrected chi connectivity index (χ4v) is 3.40. The average molecular weight is 396 g/mol. The highest BCUT2D eigenvalue weighted by molar-refractivity contribution is 7.99. The van der Waals surface area contributed by atoms with Gasteiger partial charge in [-0.1, -0.05) is 23.7 Å². The normalized spacial score (nSPS) is 10.3. The molecule has 26 heavy (non-hydrogen) atoms. The van der Waals surface area contributed by atoms with Crippen molar-refractivity contribution in [3.8, 4) is 17.2 Å². The first-order valence-corrected chi connectivity index (χ1v) is 9.48. The van der Waals surface area contributed by atoms with E-state index in [0.717, 1.165) is 16.9 Å². The Bertz CT molecular complexity index is 729. The monoisotopic (exact) mass is 395 g/mol. The highest BCUT2D eigenvalue weighted by Gasteiger charge is 2.13. The van der Waals surface area contributed by atoms with Gasteiger partial charge < -0.3 is 19.5 Å². The van der Waals surface area contributed by atoms with Gasteiger partial charge in [0.1, 0.15) is 0 Å². The second kappa shape index (κ2) is 10.2. The Kier molecular flexibility index (Phi) is 7.94. The number of methoxy groups -OCH3 is 3. The predicted molar refractivity (Wildman–Crippen MR) is 106 cm³/mol. The number of thioether (sulfide) groups is 1.